The maximum absolute atomic E-state index is 11.9. The van der Waals surface area contributed by atoms with Gasteiger partial charge in [0.2, 0.25) is 5.91 Å². The molecule has 2 aliphatic carbocycles. The van der Waals surface area contributed by atoms with Crippen molar-refractivity contribution >= 4 is 12.2 Å². The lowest BCUT2D eigenvalue weighted by molar-refractivity contribution is -0.138. The molecule has 0 spiro atoms. The minimum atomic E-state index is -0.0127. The van der Waals surface area contributed by atoms with E-state index in [0.717, 1.165) is 25.5 Å². The summed E-state index contributed by atoms with van der Waals surface area (Å²) in [5.74, 6) is 1.11. The number of hydrogen-bond donors (Lipinski definition) is 0. The molecule has 2 fully saturated rings. The van der Waals surface area contributed by atoms with E-state index < -0.39 is 0 Å². The maximum atomic E-state index is 11.9. The normalized spacial score (nSPS) is 39.9. The van der Waals surface area contributed by atoms with Crippen LogP contribution in [0.3, 0.4) is 0 Å². The first kappa shape index (κ1) is 9.69. The van der Waals surface area contributed by atoms with E-state index in [0.29, 0.717) is 11.8 Å². The Morgan fingerprint density at radius 1 is 1.29 bits per heavy atom. The summed E-state index contributed by atoms with van der Waals surface area (Å²) in [6, 6.07) is 0. The number of amides is 1. The lowest BCUT2D eigenvalue weighted by Crippen LogP contribution is -2.38. The standard InChI is InChI=1S/C11H17NO2/c1-12(2)11(14)10-8-4-3-7(5-8)9(10)6-13/h6-10H,3-5H2,1-2H3. The zero-order chi connectivity index (χ0) is 10.3. The fourth-order valence-electron chi connectivity index (χ4n) is 3.20. The van der Waals surface area contributed by atoms with Gasteiger partial charge in [0.05, 0.1) is 5.92 Å². The Bertz CT molecular complexity index is 262. The predicted molar refractivity (Wildman–Crippen MR) is 52.6 cm³/mol. The third-order valence-corrected chi connectivity index (χ3v) is 3.86. The SMILES string of the molecule is CN(C)C(=O)C1C2CCC(C2)C1C=O. The van der Waals surface area contributed by atoms with Gasteiger partial charge in [0.15, 0.2) is 0 Å². The van der Waals surface area contributed by atoms with E-state index in [9.17, 15) is 9.59 Å². The molecule has 2 saturated carbocycles. The van der Waals surface area contributed by atoms with E-state index in [1.54, 1.807) is 19.0 Å². The zero-order valence-electron chi connectivity index (χ0n) is 8.77. The molecule has 0 heterocycles. The highest BCUT2D eigenvalue weighted by molar-refractivity contribution is 5.82. The summed E-state index contributed by atoms with van der Waals surface area (Å²) in [5.41, 5.74) is 0. The molecule has 0 N–H and O–H groups in total. The van der Waals surface area contributed by atoms with Crippen molar-refractivity contribution in [3.05, 3.63) is 0 Å². The maximum Gasteiger partial charge on any atom is 0.226 e. The Morgan fingerprint density at radius 2 is 1.93 bits per heavy atom. The van der Waals surface area contributed by atoms with Gasteiger partial charge in [-0.1, -0.05) is 0 Å². The summed E-state index contributed by atoms with van der Waals surface area (Å²) in [4.78, 5) is 24.5. The number of hydrogen-bond acceptors (Lipinski definition) is 2. The summed E-state index contributed by atoms with van der Waals surface area (Å²) in [6.45, 7) is 0. The van der Waals surface area contributed by atoms with Crippen molar-refractivity contribution in [1.29, 1.82) is 0 Å². The summed E-state index contributed by atoms with van der Waals surface area (Å²) >= 11 is 0. The van der Waals surface area contributed by atoms with E-state index in [1.807, 2.05) is 0 Å². The van der Waals surface area contributed by atoms with Crippen LogP contribution in [0.15, 0.2) is 0 Å². The van der Waals surface area contributed by atoms with Crippen LogP contribution in [0.2, 0.25) is 0 Å². The minimum Gasteiger partial charge on any atom is -0.349 e. The predicted octanol–water partition coefficient (Wildman–Crippen LogP) is 0.936. The Labute approximate surface area is 84.5 Å². The second kappa shape index (κ2) is 3.37. The number of fused-ring (bicyclic) bond motifs is 2. The van der Waals surface area contributed by atoms with Crippen LogP contribution in [-0.4, -0.2) is 31.2 Å². The quantitative estimate of drug-likeness (QED) is 0.615. The molecule has 1 amide bonds. The Balaban J connectivity index is 2.18. The number of nitrogens with zero attached hydrogens (tertiary/aromatic N) is 1. The summed E-state index contributed by atoms with van der Waals surface area (Å²) in [7, 11) is 3.55. The van der Waals surface area contributed by atoms with Crippen molar-refractivity contribution in [2.75, 3.05) is 14.1 Å². The molecule has 2 aliphatic rings. The molecular weight excluding hydrogens is 178 g/mol. The van der Waals surface area contributed by atoms with Gasteiger partial charge in [0, 0.05) is 20.0 Å². The molecule has 0 aromatic rings. The van der Waals surface area contributed by atoms with Crippen molar-refractivity contribution in [1.82, 2.24) is 4.90 Å². The van der Waals surface area contributed by atoms with Crippen LogP contribution >= 0.6 is 0 Å². The largest absolute Gasteiger partial charge is 0.349 e. The first-order valence-corrected chi connectivity index (χ1v) is 5.31. The van der Waals surface area contributed by atoms with Crippen LogP contribution in [0.4, 0.5) is 0 Å². The van der Waals surface area contributed by atoms with Gasteiger partial charge in [0.25, 0.3) is 0 Å². The fraction of sp³-hybridized carbons (Fsp3) is 0.818. The zero-order valence-corrected chi connectivity index (χ0v) is 8.77. The van der Waals surface area contributed by atoms with Crippen LogP contribution in [0.5, 0.6) is 0 Å². The molecule has 4 unspecified atom stereocenters. The fourth-order valence-corrected chi connectivity index (χ4v) is 3.20. The lowest BCUT2D eigenvalue weighted by Gasteiger charge is -2.28. The Morgan fingerprint density at radius 3 is 2.50 bits per heavy atom. The second-order valence-corrected chi connectivity index (χ2v) is 4.81. The first-order valence-electron chi connectivity index (χ1n) is 5.31. The highest BCUT2D eigenvalue weighted by Gasteiger charge is 2.50. The van der Waals surface area contributed by atoms with Crippen LogP contribution in [0.1, 0.15) is 19.3 Å². The molecule has 0 aromatic carbocycles. The third kappa shape index (κ3) is 1.26. The molecule has 0 aliphatic heterocycles. The lowest BCUT2D eigenvalue weighted by atomic mass is 9.79. The average Bonchev–Trinajstić information content (AvgIpc) is 2.74. The Hall–Kier alpha value is -0.860. The molecule has 0 radical (unpaired) electrons. The monoisotopic (exact) mass is 195 g/mol. The second-order valence-electron chi connectivity index (χ2n) is 4.81. The summed E-state index contributed by atoms with van der Waals surface area (Å²) < 4.78 is 0. The summed E-state index contributed by atoms with van der Waals surface area (Å²) in [5, 5.41) is 0. The molecule has 2 bridgehead atoms. The Kier molecular flexibility index (Phi) is 2.33. The molecular formula is C11H17NO2. The van der Waals surface area contributed by atoms with E-state index in [2.05, 4.69) is 0 Å². The molecule has 14 heavy (non-hydrogen) atoms. The van der Waals surface area contributed by atoms with Gasteiger partial charge in [0.1, 0.15) is 6.29 Å². The van der Waals surface area contributed by atoms with Gasteiger partial charge in [-0.3, -0.25) is 4.79 Å². The summed E-state index contributed by atoms with van der Waals surface area (Å²) in [6.07, 6.45) is 4.38. The van der Waals surface area contributed by atoms with Crippen molar-refractivity contribution < 1.29 is 9.59 Å². The van der Waals surface area contributed by atoms with Crippen molar-refractivity contribution in [2.24, 2.45) is 23.7 Å². The van der Waals surface area contributed by atoms with Crippen molar-refractivity contribution in [3.8, 4) is 0 Å². The third-order valence-electron chi connectivity index (χ3n) is 3.86. The van der Waals surface area contributed by atoms with Gasteiger partial charge in [-0.2, -0.15) is 0 Å². The molecule has 4 atom stereocenters. The molecule has 3 nitrogen and oxygen atoms in total. The highest BCUT2D eigenvalue weighted by atomic mass is 16.2. The van der Waals surface area contributed by atoms with E-state index in [-0.39, 0.29) is 17.7 Å². The minimum absolute atomic E-state index is 0.00338. The van der Waals surface area contributed by atoms with Crippen LogP contribution in [-0.2, 0) is 9.59 Å². The van der Waals surface area contributed by atoms with E-state index in [1.165, 1.54) is 0 Å². The van der Waals surface area contributed by atoms with Crippen LogP contribution < -0.4 is 0 Å². The number of carbonyl (C=O) groups is 2. The number of carbonyl (C=O) groups excluding carboxylic acids is 2. The molecule has 3 heteroatoms. The molecule has 0 saturated heterocycles. The van der Waals surface area contributed by atoms with Gasteiger partial charge < -0.3 is 9.69 Å². The van der Waals surface area contributed by atoms with Crippen molar-refractivity contribution in [2.45, 2.75) is 19.3 Å². The van der Waals surface area contributed by atoms with Gasteiger partial charge in [-0.15, -0.1) is 0 Å². The van der Waals surface area contributed by atoms with Gasteiger partial charge in [-0.25, -0.2) is 0 Å². The highest BCUT2D eigenvalue weighted by Crippen LogP contribution is 2.51. The smallest absolute Gasteiger partial charge is 0.226 e. The van der Waals surface area contributed by atoms with Crippen LogP contribution in [0, 0.1) is 23.7 Å². The van der Waals surface area contributed by atoms with Crippen molar-refractivity contribution in [3.63, 3.8) is 0 Å². The molecule has 2 rings (SSSR count). The average molecular weight is 195 g/mol. The van der Waals surface area contributed by atoms with E-state index >= 15 is 0 Å². The molecule has 0 aromatic heterocycles. The first-order chi connectivity index (χ1) is 6.65. The van der Waals surface area contributed by atoms with E-state index in [4.69, 9.17) is 0 Å². The van der Waals surface area contributed by atoms with Gasteiger partial charge in [-0.05, 0) is 31.1 Å². The molecule has 78 valence electrons. The topological polar surface area (TPSA) is 37.4 Å². The number of rotatable bonds is 2. The number of aldehydes is 1. The van der Waals surface area contributed by atoms with Gasteiger partial charge >= 0.3 is 0 Å². The van der Waals surface area contributed by atoms with Crippen LogP contribution in [0.25, 0.3) is 0 Å².